The fourth-order valence-corrected chi connectivity index (χ4v) is 3.36. The standard InChI is InChI=1S/C9H19NO3S/c1-10-13-6-2-3-9-4-7-14(11,12)8-5-9/h9-10H,2-8H2,1H3. The van der Waals surface area contributed by atoms with Gasteiger partial charge in [0.05, 0.1) is 18.1 Å². The van der Waals surface area contributed by atoms with E-state index in [1.54, 1.807) is 7.05 Å². The van der Waals surface area contributed by atoms with Gasteiger partial charge in [-0.2, -0.15) is 0 Å². The molecule has 1 rings (SSSR count). The first-order valence-corrected chi connectivity index (χ1v) is 6.95. The van der Waals surface area contributed by atoms with Gasteiger partial charge >= 0.3 is 0 Å². The Balaban J connectivity index is 2.10. The lowest BCUT2D eigenvalue weighted by Crippen LogP contribution is -2.23. The van der Waals surface area contributed by atoms with Crippen LogP contribution in [0.1, 0.15) is 25.7 Å². The molecule has 0 unspecified atom stereocenters. The van der Waals surface area contributed by atoms with Crippen LogP contribution >= 0.6 is 0 Å². The summed E-state index contributed by atoms with van der Waals surface area (Å²) in [5.41, 5.74) is 2.62. The molecule has 1 aliphatic heterocycles. The molecule has 0 aromatic heterocycles. The van der Waals surface area contributed by atoms with Gasteiger partial charge in [-0.3, -0.25) is 0 Å². The maximum Gasteiger partial charge on any atom is 0.150 e. The van der Waals surface area contributed by atoms with Crippen molar-refractivity contribution in [3.63, 3.8) is 0 Å². The Morgan fingerprint density at radius 1 is 1.36 bits per heavy atom. The van der Waals surface area contributed by atoms with Crippen molar-refractivity contribution in [2.24, 2.45) is 5.92 Å². The molecule has 0 amide bonds. The van der Waals surface area contributed by atoms with E-state index in [1.807, 2.05) is 0 Å². The molecule has 0 saturated carbocycles. The Bertz CT molecular complexity index is 237. The molecule has 0 spiro atoms. The highest BCUT2D eigenvalue weighted by molar-refractivity contribution is 7.91. The van der Waals surface area contributed by atoms with E-state index in [9.17, 15) is 8.42 Å². The summed E-state index contributed by atoms with van der Waals surface area (Å²) >= 11 is 0. The summed E-state index contributed by atoms with van der Waals surface area (Å²) in [5, 5.41) is 0. The summed E-state index contributed by atoms with van der Waals surface area (Å²) in [5.74, 6) is 1.34. The lowest BCUT2D eigenvalue weighted by molar-refractivity contribution is 0.0529. The monoisotopic (exact) mass is 221 g/mol. The highest BCUT2D eigenvalue weighted by Crippen LogP contribution is 2.22. The van der Waals surface area contributed by atoms with Crippen LogP contribution < -0.4 is 5.48 Å². The van der Waals surface area contributed by atoms with Crippen LogP contribution in [0.5, 0.6) is 0 Å². The van der Waals surface area contributed by atoms with Crippen molar-refractivity contribution in [3.05, 3.63) is 0 Å². The van der Waals surface area contributed by atoms with E-state index >= 15 is 0 Å². The van der Waals surface area contributed by atoms with E-state index in [0.717, 1.165) is 25.7 Å². The van der Waals surface area contributed by atoms with E-state index in [2.05, 4.69) is 5.48 Å². The SMILES string of the molecule is CNOCCCC1CCS(=O)(=O)CC1. The zero-order valence-electron chi connectivity index (χ0n) is 8.66. The minimum Gasteiger partial charge on any atom is -0.302 e. The van der Waals surface area contributed by atoms with E-state index in [-0.39, 0.29) is 0 Å². The van der Waals surface area contributed by atoms with Crippen LogP contribution in [0, 0.1) is 5.92 Å². The molecule has 5 heteroatoms. The van der Waals surface area contributed by atoms with Gasteiger partial charge < -0.3 is 4.84 Å². The van der Waals surface area contributed by atoms with Gasteiger partial charge in [-0.1, -0.05) is 0 Å². The van der Waals surface area contributed by atoms with E-state index in [0.29, 0.717) is 24.0 Å². The number of sulfone groups is 1. The summed E-state index contributed by atoms with van der Waals surface area (Å²) in [7, 11) is -0.951. The van der Waals surface area contributed by atoms with Gasteiger partial charge in [0.1, 0.15) is 9.84 Å². The quantitative estimate of drug-likeness (QED) is 0.549. The number of hydrogen-bond acceptors (Lipinski definition) is 4. The van der Waals surface area contributed by atoms with Crippen molar-refractivity contribution in [2.75, 3.05) is 25.2 Å². The van der Waals surface area contributed by atoms with E-state index in [1.165, 1.54) is 0 Å². The lowest BCUT2D eigenvalue weighted by atomic mass is 9.97. The molecule has 0 atom stereocenters. The predicted molar refractivity (Wildman–Crippen MR) is 55.6 cm³/mol. The second-order valence-electron chi connectivity index (χ2n) is 3.79. The number of nitrogens with one attached hydrogen (secondary N) is 1. The zero-order valence-corrected chi connectivity index (χ0v) is 9.48. The van der Waals surface area contributed by atoms with Gasteiger partial charge in [-0.25, -0.2) is 13.9 Å². The normalized spacial score (nSPS) is 22.4. The first-order valence-electron chi connectivity index (χ1n) is 5.13. The summed E-state index contributed by atoms with van der Waals surface area (Å²) in [6.45, 7) is 0.708. The van der Waals surface area contributed by atoms with E-state index in [4.69, 9.17) is 4.84 Å². The Morgan fingerprint density at radius 3 is 2.57 bits per heavy atom. The molecular weight excluding hydrogens is 202 g/mol. The smallest absolute Gasteiger partial charge is 0.150 e. The highest BCUT2D eigenvalue weighted by atomic mass is 32.2. The molecule has 84 valence electrons. The fraction of sp³-hybridized carbons (Fsp3) is 1.00. The van der Waals surface area contributed by atoms with Gasteiger partial charge in [-0.05, 0) is 31.6 Å². The maximum absolute atomic E-state index is 11.1. The van der Waals surface area contributed by atoms with Crippen LogP contribution in [-0.2, 0) is 14.7 Å². The van der Waals surface area contributed by atoms with Crippen molar-refractivity contribution in [2.45, 2.75) is 25.7 Å². The van der Waals surface area contributed by atoms with Crippen molar-refractivity contribution < 1.29 is 13.3 Å². The minimum atomic E-state index is -2.69. The van der Waals surface area contributed by atoms with Crippen molar-refractivity contribution >= 4 is 9.84 Å². The highest BCUT2D eigenvalue weighted by Gasteiger charge is 2.22. The van der Waals surface area contributed by atoms with Crippen LogP contribution in [0.15, 0.2) is 0 Å². The molecule has 0 aromatic carbocycles. The average molecular weight is 221 g/mol. The maximum atomic E-state index is 11.1. The van der Waals surface area contributed by atoms with Crippen molar-refractivity contribution in [3.8, 4) is 0 Å². The van der Waals surface area contributed by atoms with Crippen LogP contribution in [-0.4, -0.2) is 33.6 Å². The average Bonchev–Trinajstić information content (AvgIpc) is 2.15. The third-order valence-electron chi connectivity index (χ3n) is 2.68. The van der Waals surface area contributed by atoms with Gasteiger partial charge in [0.2, 0.25) is 0 Å². The van der Waals surface area contributed by atoms with Crippen molar-refractivity contribution in [1.82, 2.24) is 5.48 Å². The summed E-state index contributed by atoms with van der Waals surface area (Å²) in [6, 6.07) is 0. The van der Waals surface area contributed by atoms with Gasteiger partial charge in [0.25, 0.3) is 0 Å². The summed E-state index contributed by atoms with van der Waals surface area (Å²) in [6.07, 6.45) is 3.76. The zero-order chi connectivity index (χ0) is 10.4. The molecule has 1 aliphatic rings. The van der Waals surface area contributed by atoms with Crippen molar-refractivity contribution in [1.29, 1.82) is 0 Å². The van der Waals surface area contributed by atoms with Crippen LogP contribution in [0.3, 0.4) is 0 Å². The van der Waals surface area contributed by atoms with Crippen LogP contribution in [0.2, 0.25) is 0 Å². The minimum absolute atomic E-state index is 0.380. The Labute approximate surface area is 85.9 Å². The second-order valence-corrected chi connectivity index (χ2v) is 6.09. The van der Waals surface area contributed by atoms with Gasteiger partial charge in [0.15, 0.2) is 0 Å². The third kappa shape index (κ3) is 4.39. The molecule has 0 bridgehead atoms. The Hall–Kier alpha value is -0.130. The van der Waals surface area contributed by atoms with Crippen LogP contribution in [0.4, 0.5) is 0 Å². The first kappa shape index (κ1) is 11.9. The summed E-state index contributed by atoms with van der Waals surface area (Å²) in [4.78, 5) is 5.00. The van der Waals surface area contributed by atoms with E-state index < -0.39 is 9.84 Å². The molecule has 14 heavy (non-hydrogen) atoms. The molecule has 0 aromatic rings. The van der Waals surface area contributed by atoms with Gasteiger partial charge in [0, 0.05) is 7.05 Å². The number of hydroxylamine groups is 1. The largest absolute Gasteiger partial charge is 0.302 e. The lowest BCUT2D eigenvalue weighted by Gasteiger charge is -2.21. The topological polar surface area (TPSA) is 55.4 Å². The molecule has 1 fully saturated rings. The Morgan fingerprint density at radius 2 is 2.00 bits per heavy atom. The third-order valence-corrected chi connectivity index (χ3v) is 4.39. The molecule has 0 radical (unpaired) electrons. The fourth-order valence-electron chi connectivity index (χ4n) is 1.77. The Kier molecular flexibility index (Phi) is 4.84. The second kappa shape index (κ2) is 5.68. The molecule has 1 N–H and O–H groups in total. The van der Waals surface area contributed by atoms with Crippen LogP contribution in [0.25, 0.3) is 0 Å². The predicted octanol–water partition coefficient (Wildman–Crippen LogP) is 0.742. The number of rotatable bonds is 5. The van der Waals surface area contributed by atoms with Gasteiger partial charge in [-0.15, -0.1) is 0 Å². The summed E-state index contributed by atoms with van der Waals surface area (Å²) < 4.78 is 22.3. The first-order chi connectivity index (χ1) is 6.64. The molecule has 4 nitrogen and oxygen atoms in total. The molecular formula is C9H19NO3S. The number of hydrogen-bond donors (Lipinski definition) is 1. The molecule has 0 aliphatic carbocycles. The molecule has 1 heterocycles. The molecule has 1 saturated heterocycles.